The molecule has 1 aromatic rings. The van der Waals surface area contributed by atoms with Crippen LogP contribution in [0.2, 0.25) is 0 Å². The Morgan fingerprint density at radius 2 is 1.74 bits per heavy atom. The average molecular weight is 396 g/mol. The zero-order valence-electron chi connectivity index (χ0n) is 15.7. The number of hydrogen-bond acceptors (Lipinski definition) is 8. The number of esters is 2. The quantitative estimate of drug-likeness (QED) is 0.703. The second-order valence-corrected chi connectivity index (χ2v) is 8.09. The molecule has 2 aliphatic rings. The van der Waals surface area contributed by atoms with Crippen LogP contribution in [0.5, 0.6) is 0 Å². The highest BCUT2D eigenvalue weighted by atomic mass is 32.2. The summed E-state index contributed by atoms with van der Waals surface area (Å²) in [6, 6.07) is 9.77. The molecular weight excluding hydrogens is 372 g/mol. The SMILES string of the molecule is CC(=O)OC[C@@H]1O[C@@H](Sc2ccccc2)[C@@H]2OC(C)(C)O[C@@H]2[C@H]1OC(C)=O. The normalized spacial score (nSPS) is 31.8. The van der Waals surface area contributed by atoms with Gasteiger partial charge >= 0.3 is 11.9 Å². The number of thioether (sulfide) groups is 1. The summed E-state index contributed by atoms with van der Waals surface area (Å²) in [6.07, 6.45) is -2.36. The largest absolute Gasteiger partial charge is 0.463 e. The van der Waals surface area contributed by atoms with E-state index >= 15 is 0 Å². The molecule has 2 aliphatic heterocycles. The number of fused-ring (bicyclic) bond motifs is 1. The van der Waals surface area contributed by atoms with Crippen LogP contribution >= 0.6 is 11.8 Å². The molecule has 0 spiro atoms. The van der Waals surface area contributed by atoms with Gasteiger partial charge in [-0.25, -0.2) is 0 Å². The van der Waals surface area contributed by atoms with E-state index in [0.29, 0.717) is 0 Å². The van der Waals surface area contributed by atoms with Gasteiger partial charge in [0.15, 0.2) is 11.9 Å². The molecule has 7 nitrogen and oxygen atoms in total. The third-order valence-corrected chi connectivity index (χ3v) is 5.34. The number of benzene rings is 1. The standard InChI is InChI=1S/C19H24O7S/c1-11(20)22-10-14-15(23-12(2)21)16-17(26-19(3,4)25-16)18(24-14)27-13-8-6-5-7-9-13/h5-9,14-18H,10H2,1-4H3/t14-,15-,16+,17+,18-/m0/s1. The molecule has 0 amide bonds. The maximum atomic E-state index is 11.6. The van der Waals surface area contributed by atoms with Gasteiger partial charge < -0.3 is 23.7 Å². The summed E-state index contributed by atoms with van der Waals surface area (Å²) in [4.78, 5) is 23.9. The molecule has 27 heavy (non-hydrogen) atoms. The fourth-order valence-corrected chi connectivity index (χ4v) is 4.34. The van der Waals surface area contributed by atoms with Crippen LogP contribution in [0.15, 0.2) is 35.2 Å². The van der Waals surface area contributed by atoms with E-state index in [0.717, 1.165) is 4.90 Å². The third-order valence-electron chi connectivity index (χ3n) is 4.18. The van der Waals surface area contributed by atoms with Crippen molar-refractivity contribution >= 4 is 23.7 Å². The van der Waals surface area contributed by atoms with Crippen LogP contribution in [0.3, 0.4) is 0 Å². The lowest BCUT2D eigenvalue weighted by atomic mass is 10.00. The summed E-state index contributed by atoms with van der Waals surface area (Å²) < 4.78 is 28.9. The van der Waals surface area contributed by atoms with Gasteiger partial charge in [0, 0.05) is 18.7 Å². The van der Waals surface area contributed by atoms with Crippen LogP contribution in [-0.2, 0) is 33.3 Å². The van der Waals surface area contributed by atoms with Gasteiger partial charge in [-0.3, -0.25) is 9.59 Å². The number of ether oxygens (including phenoxy) is 5. The van der Waals surface area contributed by atoms with Crippen molar-refractivity contribution in [3.63, 3.8) is 0 Å². The minimum atomic E-state index is -0.844. The van der Waals surface area contributed by atoms with Crippen molar-refractivity contribution in [2.24, 2.45) is 0 Å². The molecule has 0 unspecified atom stereocenters. The first-order chi connectivity index (χ1) is 12.7. The van der Waals surface area contributed by atoms with Crippen molar-refractivity contribution in [3.8, 4) is 0 Å². The zero-order chi connectivity index (χ0) is 19.6. The highest BCUT2D eigenvalue weighted by Gasteiger charge is 2.57. The van der Waals surface area contributed by atoms with Gasteiger partial charge in [-0.05, 0) is 26.0 Å². The van der Waals surface area contributed by atoms with Gasteiger partial charge in [-0.2, -0.15) is 0 Å². The Bertz CT molecular complexity index is 678. The molecule has 2 heterocycles. The lowest BCUT2D eigenvalue weighted by Gasteiger charge is -2.41. The first kappa shape index (κ1) is 20.1. The summed E-state index contributed by atoms with van der Waals surface area (Å²) in [5.41, 5.74) is -0.411. The van der Waals surface area contributed by atoms with E-state index in [4.69, 9.17) is 23.7 Å². The van der Waals surface area contributed by atoms with Gasteiger partial charge in [-0.15, -0.1) is 0 Å². The van der Waals surface area contributed by atoms with Gasteiger partial charge in [0.2, 0.25) is 0 Å². The Balaban J connectivity index is 1.86. The van der Waals surface area contributed by atoms with Crippen molar-refractivity contribution in [3.05, 3.63) is 30.3 Å². The number of carbonyl (C=O) groups excluding carboxylic acids is 2. The highest BCUT2D eigenvalue weighted by molar-refractivity contribution is 7.99. The topological polar surface area (TPSA) is 80.3 Å². The van der Waals surface area contributed by atoms with Crippen molar-refractivity contribution in [2.75, 3.05) is 6.61 Å². The van der Waals surface area contributed by atoms with E-state index in [1.807, 2.05) is 44.2 Å². The Morgan fingerprint density at radius 3 is 2.37 bits per heavy atom. The highest BCUT2D eigenvalue weighted by Crippen LogP contribution is 2.43. The molecule has 2 saturated heterocycles. The molecule has 5 atom stereocenters. The van der Waals surface area contributed by atoms with Crippen LogP contribution in [0.4, 0.5) is 0 Å². The first-order valence-corrected chi connectivity index (χ1v) is 9.66. The minimum absolute atomic E-state index is 0.0356. The van der Waals surface area contributed by atoms with Crippen molar-refractivity contribution in [2.45, 2.75) is 68.2 Å². The van der Waals surface area contributed by atoms with Gasteiger partial charge in [0.25, 0.3) is 0 Å². The summed E-state index contributed by atoms with van der Waals surface area (Å²) in [7, 11) is 0. The van der Waals surface area contributed by atoms with E-state index in [-0.39, 0.29) is 6.61 Å². The van der Waals surface area contributed by atoms with Crippen molar-refractivity contribution in [1.29, 1.82) is 0 Å². The number of carbonyl (C=O) groups is 2. The first-order valence-electron chi connectivity index (χ1n) is 8.78. The predicted molar refractivity (Wildman–Crippen MR) is 97.0 cm³/mol. The summed E-state index contributed by atoms with van der Waals surface area (Å²) in [6.45, 7) is 6.22. The lowest BCUT2D eigenvalue weighted by molar-refractivity contribution is -0.202. The molecule has 0 bridgehead atoms. The molecule has 2 fully saturated rings. The molecule has 8 heteroatoms. The Hall–Kier alpha value is -1.61. The van der Waals surface area contributed by atoms with E-state index in [2.05, 4.69) is 0 Å². The Labute approximate surface area is 162 Å². The lowest BCUT2D eigenvalue weighted by Crippen LogP contribution is -2.58. The van der Waals surface area contributed by atoms with E-state index < -0.39 is 47.6 Å². The second kappa shape index (κ2) is 8.18. The molecule has 148 valence electrons. The predicted octanol–water partition coefficient (Wildman–Crippen LogP) is 2.52. The van der Waals surface area contributed by atoms with Crippen LogP contribution in [0.25, 0.3) is 0 Å². The minimum Gasteiger partial charge on any atom is -0.463 e. The van der Waals surface area contributed by atoms with Gasteiger partial charge in [0.05, 0.1) is 0 Å². The Kier molecular flexibility index (Phi) is 6.10. The second-order valence-electron chi connectivity index (χ2n) is 6.92. The van der Waals surface area contributed by atoms with Crippen molar-refractivity contribution in [1.82, 2.24) is 0 Å². The van der Waals surface area contributed by atoms with Crippen LogP contribution < -0.4 is 0 Å². The Morgan fingerprint density at radius 1 is 1.07 bits per heavy atom. The smallest absolute Gasteiger partial charge is 0.303 e. The average Bonchev–Trinajstić information content (AvgIpc) is 2.92. The molecule has 0 aromatic heterocycles. The van der Waals surface area contributed by atoms with Crippen LogP contribution in [0.1, 0.15) is 27.7 Å². The van der Waals surface area contributed by atoms with E-state index in [9.17, 15) is 9.59 Å². The number of rotatable bonds is 5. The molecule has 1 aromatic carbocycles. The maximum Gasteiger partial charge on any atom is 0.303 e. The molecule has 0 saturated carbocycles. The molecule has 0 radical (unpaired) electrons. The fourth-order valence-electron chi connectivity index (χ4n) is 3.22. The van der Waals surface area contributed by atoms with E-state index in [1.54, 1.807) is 0 Å². The van der Waals surface area contributed by atoms with Crippen LogP contribution in [-0.4, -0.2) is 54.2 Å². The van der Waals surface area contributed by atoms with Crippen molar-refractivity contribution < 1.29 is 33.3 Å². The summed E-state index contributed by atoms with van der Waals surface area (Å²) in [5.74, 6) is -1.74. The number of hydrogen-bond donors (Lipinski definition) is 0. The monoisotopic (exact) mass is 396 g/mol. The zero-order valence-corrected chi connectivity index (χ0v) is 16.6. The van der Waals surface area contributed by atoms with Crippen LogP contribution in [0, 0.1) is 0 Å². The fraction of sp³-hybridized carbons (Fsp3) is 0.579. The molecule has 0 aliphatic carbocycles. The van der Waals surface area contributed by atoms with Gasteiger partial charge in [0.1, 0.15) is 30.4 Å². The molecule has 0 N–H and O–H groups in total. The molecule has 3 rings (SSSR count). The maximum absolute atomic E-state index is 11.6. The van der Waals surface area contributed by atoms with E-state index in [1.165, 1.54) is 25.6 Å². The molecular formula is C19H24O7S. The summed E-state index contributed by atoms with van der Waals surface area (Å²) >= 11 is 1.49. The third kappa shape index (κ3) is 5.01. The van der Waals surface area contributed by atoms with Gasteiger partial charge in [-0.1, -0.05) is 30.0 Å². The summed E-state index contributed by atoms with van der Waals surface area (Å²) in [5, 5.41) is 0.